The van der Waals surface area contributed by atoms with Crippen molar-refractivity contribution in [2.24, 2.45) is 17.3 Å². The normalized spacial score (nSPS) is 17.6. The molecule has 3 rings (SSSR count). The van der Waals surface area contributed by atoms with Crippen LogP contribution >= 0.6 is 0 Å². The molecule has 1 fully saturated rings. The minimum Gasteiger partial charge on any atom is -0.465 e. The van der Waals surface area contributed by atoms with Gasteiger partial charge in [-0.1, -0.05) is 83.2 Å². The molecule has 3 amide bonds. The third-order valence-corrected chi connectivity index (χ3v) is 8.36. The Morgan fingerprint density at radius 2 is 1.72 bits per heavy atom. The fraction of sp³-hybridized carbons (Fsp3) is 0.594. The van der Waals surface area contributed by atoms with E-state index in [1.807, 2.05) is 51.1 Å². The highest BCUT2D eigenvalue weighted by Crippen LogP contribution is 2.29. The van der Waals surface area contributed by atoms with Crippen LogP contribution in [0.1, 0.15) is 83.9 Å². The summed E-state index contributed by atoms with van der Waals surface area (Å²) in [5.41, 5.74) is -1.16. The highest BCUT2D eigenvalue weighted by atomic mass is 16.4. The Kier molecular flexibility index (Phi) is 11.9. The molecule has 6 N–H and O–H groups in total. The second-order valence-electron chi connectivity index (χ2n) is 12.9. The molecule has 0 spiro atoms. The van der Waals surface area contributed by atoms with Gasteiger partial charge in [-0.15, -0.1) is 0 Å². The van der Waals surface area contributed by atoms with Gasteiger partial charge in [0.1, 0.15) is 5.78 Å². The lowest BCUT2D eigenvalue weighted by Crippen LogP contribution is -2.60. The maximum absolute atomic E-state index is 14.1. The van der Waals surface area contributed by atoms with E-state index >= 15 is 0 Å². The molecule has 2 aromatic rings. The van der Waals surface area contributed by atoms with E-state index in [9.17, 15) is 24.3 Å². The molecular formula is C32H47N5O6. The van der Waals surface area contributed by atoms with Crippen molar-refractivity contribution in [2.45, 2.75) is 96.7 Å². The molecule has 4 atom stereocenters. The number of carbonyl (C=O) groups is 4. The van der Waals surface area contributed by atoms with Crippen LogP contribution < -0.4 is 16.0 Å². The number of benzene rings is 1. The number of aliphatic hydroxyl groups excluding tert-OH is 1. The minimum atomic E-state index is -1.65. The van der Waals surface area contributed by atoms with Crippen molar-refractivity contribution < 1.29 is 29.4 Å². The number of hydrogen-bond acceptors (Lipinski definition) is 6. The summed E-state index contributed by atoms with van der Waals surface area (Å²) in [7, 11) is 0. The number of amides is 3. The predicted octanol–water partition coefficient (Wildman–Crippen LogP) is 3.69. The number of ketones is 1. The third kappa shape index (κ3) is 9.91. The van der Waals surface area contributed by atoms with Crippen molar-refractivity contribution in [3.05, 3.63) is 54.1 Å². The molecule has 1 saturated carbocycles. The number of carbonyl (C=O) groups excluding carboxylic acids is 3. The number of hydrogen-bond donors (Lipinski definition) is 6. The Balaban J connectivity index is 1.88. The fourth-order valence-corrected chi connectivity index (χ4v) is 5.55. The van der Waals surface area contributed by atoms with Gasteiger partial charge in [0.15, 0.2) is 5.54 Å². The van der Waals surface area contributed by atoms with Gasteiger partial charge in [0.05, 0.1) is 24.2 Å². The Hall–Kier alpha value is -3.73. The van der Waals surface area contributed by atoms with Crippen molar-refractivity contribution in [2.75, 3.05) is 6.54 Å². The number of carboxylic acid groups (broad SMARTS) is 1. The van der Waals surface area contributed by atoms with Crippen LogP contribution in [-0.4, -0.2) is 62.6 Å². The molecule has 1 aromatic heterocycles. The van der Waals surface area contributed by atoms with E-state index in [-0.39, 0.29) is 30.4 Å². The number of imidazole rings is 1. The van der Waals surface area contributed by atoms with Crippen molar-refractivity contribution in [1.29, 1.82) is 0 Å². The number of rotatable bonds is 14. The van der Waals surface area contributed by atoms with E-state index in [1.165, 1.54) is 12.5 Å². The standard InChI is InChI=1S/C32H47N5O6/c1-31(2,3)27(39)17-23(15-21-11-7-5-8-12-21)28(40)37-32(4,26-19-33-20-35-26)29(41)36-24(25(38)18-34-30(42)43)16-22-13-9-6-10-14-22/h5,7-8,11-12,19-20,22-25,34,38H,6,9-10,13-18H2,1-4H3,(H,33,35)(H,36,41)(H,37,40)(H,42,43)/t23-,24+,25+,32+/m1/s1. The van der Waals surface area contributed by atoms with E-state index in [4.69, 9.17) is 5.11 Å². The van der Waals surface area contributed by atoms with E-state index in [0.717, 1.165) is 37.7 Å². The molecule has 0 aliphatic heterocycles. The third-order valence-electron chi connectivity index (χ3n) is 8.36. The summed E-state index contributed by atoms with van der Waals surface area (Å²) in [6.07, 6.45) is 6.41. The van der Waals surface area contributed by atoms with Gasteiger partial charge in [0, 0.05) is 30.5 Å². The van der Waals surface area contributed by atoms with Gasteiger partial charge in [-0.25, -0.2) is 9.78 Å². The number of nitrogens with zero attached hydrogens (tertiary/aromatic N) is 1. The number of aliphatic hydroxyl groups is 1. The largest absolute Gasteiger partial charge is 0.465 e. The van der Waals surface area contributed by atoms with Gasteiger partial charge in [-0.3, -0.25) is 14.4 Å². The first-order valence-electron chi connectivity index (χ1n) is 15.1. The summed E-state index contributed by atoms with van der Waals surface area (Å²) < 4.78 is 0. The number of nitrogens with one attached hydrogen (secondary N) is 4. The van der Waals surface area contributed by atoms with E-state index in [1.54, 1.807) is 6.92 Å². The summed E-state index contributed by atoms with van der Waals surface area (Å²) in [5.74, 6) is -1.62. The zero-order valence-corrected chi connectivity index (χ0v) is 25.7. The van der Waals surface area contributed by atoms with Crippen molar-refractivity contribution in [1.82, 2.24) is 25.9 Å². The first-order valence-corrected chi connectivity index (χ1v) is 15.1. The monoisotopic (exact) mass is 597 g/mol. The van der Waals surface area contributed by atoms with Gasteiger partial charge >= 0.3 is 6.09 Å². The van der Waals surface area contributed by atoms with Crippen LogP contribution in [0.3, 0.4) is 0 Å². The lowest BCUT2D eigenvalue weighted by molar-refractivity contribution is -0.138. The number of aromatic nitrogens is 2. The predicted molar refractivity (Wildman–Crippen MR) is 162 cm³/mol. The summed E-state index contributed by atoms with van der Waals surface area (Å²) >= 11 is 0. The lowest BCUT2D eigenvalue weighted by Gasteiger charge is -2.35. The van der Waals surface area contributed by atoms with Crippen LogP contribution in [0.2, 0.25) is 0 Å². The van der Waals surface area contributed by atoms with Crippen molar-refractivity contribution >= 4 is 23.7 Å². The molecule has 43 heavy (non-hydrogen) atoms. The average Bonchev–Trinajstić information content (AvgIpc) is 3.51. The molecule has 1 heterocycles. The summed E-state index contributed by atoms with van der Waals surface area (Å²) in [6.45, 7) is 6.72. The minimum absolute atomic E-state index is 0.00757. The van der Waals surface area contributed by atoms with Crippen LogP contribution in [0, 0.1) is 17.3 Å². The van der Waals surface area contributed by atoms with Crippen LogP contribution in [0.15, 0.2) is 42.9 Å². The van der Waals surface area contributed by atoms with Crippen LogP contribution in [0.5, 0.6) is 0 Å². The summed E-state index contributed by atoms with van der Waals surface area (Å²) in [5, 5.41) is 28.0. The Bertz CT molecular complexity index is 1210. The molecule has 1 aliphatic carbocycles. The Morgan fingerprint density at radius 3 is 2.30 bits per heavy atom. The smallest absolute Gasteiger partial charge is 0.404 e. The Labute approximate surface area is 253 Å². The molecule has 1 aromatic carbocycles. The first-order chi connectivity index (χ1) is 20.3. The van der Waals surface area contributed by atoms with Gasteiger partial charge in [-0.2, -0.15) is 0 Å². The summed E-state index contributed by atoms with van der Waals surface area (Å²) in [6, 6.07) is 8.64. The molecule has 11 nitrogen and oxygen atoms in total. The zero-order chi connectivity index (χ0) is 31.6. The molecule has 1 aliphatic rings. The van der Waals surface area contributed by atoms with Crippen molar-refractivity contribution in [3.63, 3.8) is 0 Å². The molecule has 0 bridgehead atoms. The quantitative estimate of drug-likeness (QED) is 0.193. The first kappa shape index (κ1) is 33.8. The number of Topliss-reactive ketones (excluding diaryl/α,β-unsaturated/α-hetero) is 1. The highest BCUT2D eigenvalue weighted by molar-refractivity contribution is 5.94. The molecular weight excluding hydrogens is 550 g/mol. The van der Waals surface area contributed by atoms with Crippen LogP contribution in [0.4, 0.5) is 4.79 Å². The average molecular weight is 598 g/mol. The maximum atomic E-state index is 14.1. The molecule has 0 unspecified atom stereocenters. The molecule has 236 valence electrons. The molecule has 0 saturated heterocycles. The second kappa shape index (κ2) is 15.1. The maximum Gasteiger partial charge on any atom is 0.404 e. The lowest BCUT2D eigenvalue weighted by atomic mass is 9.82. The highest BCUT2D eigenvalue weighted by Gasteiger charge is 2.42. The zero-order valence-electron chi connectivity index (χ0n) is 25.7. The molecule has 0 radical (unpaired) electrons. The van der Waals surface area contributed by atoms with E-state index in [0.29, 0.717) is 12.8 Å². The fourth-order valence-electron chi connectivity index (χ4n) is 5.55. The van der Waals surface area contributed by atoms with Gasteiger partial charge in [0.25, 0.3) is 5.91 Å². The second-order valence-corrected chi connectivity index (χ2v) is 12.9. The van der Waals surface area contributed by atoms with Crippen LogP contribution in [0.25, 0.3) is 0 Å². The summed E-state index contributed by atoms with van der Waals surface area (Å²) in [4.78, 5) is 59.3. The van der Waals surface area contributed by atoms with Gasteiger partial charge in [-0.05, 0) is 31.2 Å². The van der Waals surface area contributed by atoms with Gasteiger partial charge < -0.3 is 31.1 Å². The van der Waals surface area contributed by atoms with Crippen molar-refractivity contribution in [3.8, 4) is 0 Å². The molecule has 11 heteroatoms. The van der Waals surface area contributed by atoms with E-state index < -0.39 is 46.9 Å². The van der Waals surface area contributed by atoms with Gasteiger partial charge in [0.2, 0.25) is 5.91 Å². The SMILES string of the molecule is CC(C)(C)C(=O)C[C@@H](Cc1ccccc1)C(=O)N[C@](C)(C(=O)N[C@@H](CC1CCCCC1)[C@@H](O)CNC(=O)O)c1c[nH]cn1. The number of aromatic amines is 1. The number of H-pyrrole nitrogens is 1. The Morgan fingerprint density at radius 1 is 1.05 bits per heavy atom. The van der Waals surface area contributed by atoms with Crippen LogP contribution in [-0.2, 0) is 26.3 Å². The topological polar surface area (TPSA) is 174 Å². The van der Waals surface area contributed by atoms with E-state index in [2.05, 4.69) is 25.9 Å².